The molecular weight excluding hydrogens is 310 g/mol. The summed E-state index contributed by atoms with van der Waals surface area (Å²) in [6.07, 6.45) is 0. The van der Waals surface area contributed by atoms with Gasteiger partial charge in [-0.15, -0.1) is 0 Å². The Kier molecular flexibility index (Phi) is 5.28. The van der Waals surface area contributed by atoms with Gasteiger partial charge in [-0.1, -0.05) is 6.07 Å². The van der Waals surface area contributed by atoms with E-state index >= 15 is 0 Å². The van der Waals surface area contributed by atoms with E-state index in [2.05, 4.69) is 0 Å². The van der Waals surface area contributed by atoms with Crippen LogP contribution in [0.3, 0.4) is 0 Å². The fourth-order valence-corrected chi connectivity index (χ4v) is 2.47. The molecule has 2 rings (SSSR count). The summed E-state index contributed by atoms with van der Waals surface area (Å²) in [5.41, 5.74) is 2.52. The van der Waals surface area contributed by atoms with Crippen LogP contribution in [0.1, 0.15) is 32.1 Å². The Bertz CT molecular complexity index is 754. The van der Waals surface area contributed by atoms with Gasteiger partial charge in [-0.3, -0.25) is 4.79 Å². The lowest BCUT2D eigenvalue weighted by Gasteiger charge is -2.12. The maximum absolute atomic E-state index is 12.4. The lowest BCUT2D eigenvalue weighted by molar-refractivity contribution is 0.0468. The molecule has 0 amide bonds. The summed E-state index contributed by atoms with van der Waals surface area (Å²) in [5, 5.41) is 0. The van der Waals surface area contributed by atoms with Crippen LogP contribution in [0.25, 0.3) is 0 Å². The van der Waals surface area contributed by atoms with Crippen LogP contribution in [0, 0.1) is 13.8 Å². The second-order valence-corrected chi connectivity index (χ2v) is 5.38. The molecule has 0 fully saturated rings. The van der Waals surface area contributed by atoms with E-state index in [1.807, 2.05) is 25.5 Å². The number of aromatic nitrogens is 1. The van der Waals surface area contributed by atoms with Gasteiger partial charge in [0.05, 0.1) is 14.2 Å². The predicted octanol–water partition coefficient (Wildman–Crippen LogP) is 2.70. The van der Waals surface area contributed by atoms with Gasteiger partial charge < -0.3 is 18.8 Å². The minimum Gasteiger partial charge on any atom is -0.496 e. The summed E-state index contributed by atoms with van der Waals surface area (Å²) in [6, 6.07) is 6.75. The first-order chi connectivity index (χ1) is 11.4. The Morgan fingerprint density at radius 1 is 1.08 bits per heavy atom. The molecule has 6 nitrogen and oxygen atoms in total. The second kappa shape index (κ2) is 7.21. The summed E-state index contributed by atoms with van der Waals surface area (Å²) >= 11 is 0. The highest BCUT2D eigenvalue weighted by molar-refractivity contribution is 6.01. The highest BCUT2D eigenvalue weighted by Gasteiger charge is 2.22. The number of esters is 1. The maximum atomic E-state index is 12.4. The number of ketones is 1. The molecule has 0 spiro atoms. The van der Waals surface area contributed by atoms with Crippen molar-refractivity contribution in [2.75, 3.05) is 20.8 Å². The Morgan fingerprint density at radius 3 is 2.12 bits per heavy atom. The number of nitrogens with zero attached hydrogens (tertiary/aromatic N) is 1. The van der Waals surface area contributed by atoms with Crippen molar-refractivity contribution in [1.29, 1.82) is 0 Å². The van der Waals surface area contributed by atoms with Gasteiger partial charge in [0.1, 0.15) is 17.1 Å². The third-order valence-corrected chi connectivity index (χ3v) is 4.04. The second-order valence-electron chi connectivity index (χ2n) is 5.38. The van der Waals surface area contributed by atoms with Crippen LogP contribution in [0.4, 0.5) is 0 Å². The quantitative estimate of drug-likeness (QED) is 0.601. The predicted molar refractivity (Wildman–Crippen MR) is 89.0 cm³/mol. The van der Waals surface area contributed by atoms with Crippen molar-refractivity contribution in [3.05, 3.63) is 46.8 Å². The van der Waals surface area contributed by atoms with Crippen LogP contribution in [0.5, 0.6) is 11.5 Å². The van der Waals surface area contributed by atoms with Crippen LogP contribution in [-0.2, 0) is 11.8 Å². The third-order valence-electron chi connectivity index (χ3n) is 4.04. The van der Waals surface area contributed by atoms with E-state index in [0.29, 0.717) is 17.1 Å². The number of methoxy groups -OCH3 is 2. The fraction of sp³-hybridized carbons (Fsp3) is 0.333. The molecule has 0 bridgehead atoms. The van der Waals surface area contributed by atoms with Gasteiger partial charge in [0.2, 0.25) is 5.78 Å². The Balaban J connectivity index is 2.16. The number of carbonyl (C=O) groups is 2. The molecule has 0 atom stereocenters. The summed E-state index contributed by atoms with van der Waals surface area (Å²) in [4.78, 5) is 24.7. The highest BCUT2D eigenvalue weighted by Crippen LogP contribution is 2.29. The zero-order chi connectivity index (χ0) is 17.9. The number of aryl methyl sites for hydroxylation is 1. The van der Waals surface area contributed by atoms with Gasteiger partial charge in [-0.05, 0) is 32.0 Å². The molecule has 24 heavy (non-hydrogen) atoms. The van der Waals surface area contributed by atoms with E-state index in [9.17, 15) is 9.59 Å². The number of hydrogen-bond acceptors (Lipinski definition) is 5. The number of rotatable bonds is 6. The van der Waals surface area contributed by atoms with Crippen molar-refractivity contribution in [2.24, 2.45) is 7.05 Å². The zero-order valence-electron chi connectivity index (χ0n) is 14.5. The van der Waals surface area contributed by atoms with Gasteiger partial charge in [0.15, 0.2) is 6.61 Å². The smallest absolute Gasteiger partial charge is 0.346 e. The lowest BCUT2D eigenvalue weighted by atomic mass is 10.1. The minimum absolute atomic E-state index is 0.163. The van der Waals surface area contributed by atoms with Crippen LogP contribution in [0.2, 0.25) is 0 Å². The first kappa shape index (κ1) is 17.6. The van der Waals surface area contributed by atoms with Crippen molar-refractivity contribution < 1.29 is 23.8 Å². The molecule has 0 saturated heterocycles. The van der Waals surface area contributed by atoms with Crippen molar-refractivity contribution in [1.82, 2.24) is 4.57 Å². The summed E-state index contributed by atoms with van der Waals surface area (Å²) < 4.78 is 17.4. The summed E-state index contributed by atoms with van der Waals surface area (Å²) in [5.74, 6) is -0.251. The standard InChI is InChI=1S/C18H21NO5/c1-11-9-13(12(2)19(11)3)14(20)10-24-18(21)17-15(22-4)7-6-8-16(17)23-5/h6-9H,10H2,1-5H3. The Hall–Kier alpha value is -2.76. The van der Waals surface area contributed by atoms with E-state index < -0.39 is 5.97 Å². The number of carbonyl (C=O) groups excluding carboxylic acids is 2. The average molecular weight is 331 g/mol. The average Bonchev–Trinajstić information content (AvgIpc) is 2.85. The molecule has 0 N–H and O–H groups in total. The van der Waals surface area contributed by atoms with E-state index in [1.54, 1.807) is 24.3 Å². The molecule has 6 heteroatoms. The van der Waals surface area contributed by atoms with E-state index in [4.69, 9.17) is 14.2 Å². The van der Waals surface area contributed by atoms with Crippen molar-refractivity contribution in [3.63, 3.8) is 0 Å². The van der Waals surface area contributed by atoms with Gasteiger partial charge in [-0.2, -0.15) is 0 Å². The van der Waals surface area contributed by atoms with Crippen molar-refractivity contribution in [2.45, 2.75) is 13.8 Å². The first-order valence-corrected chi connectivity index (χ1v) is 7.45. The van der Waals surface area contributed by atoms with Gasteiger partial charge in [-0.25, -0.2) is 4.79 Å². The molecule has 128 valence electrons. The SMILES string of the molecule is COc1cccc(OC)c1C(=O)OCC(=O)c1cc(C)n(C)c1C. The molecular formula is C18H21NO5. The van der Waals surface area contributed by atoms with E-state index in [1.165, 1.54) is 14.2 Å². The zero-order valence-corrected chi connectivity index (χ0v) is 14.5. The van der Waals surface area contributed by atoms with Crippen LogP contribution in [-0.4, -0.2) is 37.1 Å². The molecule has 0 aliphatic heterocycles. The third kappa shape index (κ3) is 3.27. The number of hydrogen-bond donors (Lipinski definition) is 0. The fourth-order valence-electron chi connectivity index (χ4n) is 2.47. The minimum atomic E-state index is -0.664. The highest BCUT2D eigenvalue weighted by atomic mass is 16.5. The van der Waals surface area contributed by atoms with Crippen LogP contribution in [0.15, 0.2) is 24.3 Å². The molecule has 1 aromatic heterocycles. The molecule has 2 aromatic rings. The number of ether oxygens (including phenoxy) is 3. The monoisotopic (exact) mass is 331 g/mol. The number of benzene rings is 1. The van der Waals surface area contributed by atoms with Crippen LogP contribution < -0.4 is 9.47 Å². The largest absolute Gasteiger partial charge is 0.496 e. The van der Waals surface area contributed by atoms with E-state index in [0.717, 1.165) is 11.4 Å². The van der Waals surface area contributed by atoms with Gasteiger partial charge in [0.25, 0.3) is 0 Å². The van der Waals surface area contributed by atoms with E-state index in [-0.39, 0.29) is 18.0 Å². The molecule has 0 unspecified atom stereocenters. The van der Waals surface area contributed by atoms with Gasteiger partial charge in [0, 0.05) is 24.0 Å². The topological polar surface area (TPSA) is 66.8 Å². The maximum Gasteiger partial charge on any atom is 0.346 e. The van der Waals surface area contributed by atoms with Crippen molar-refractivity contribution >= 4 is 11.8 Å². The van der Waals surface area contributed by atoms with Gasteiger partial charge >= 0.3 is 5.97 Å². The summed E-state index contributed by atoms with van der Waals surface area (Å²) in [7, 11) is 4.78. The lowest BCUT2D eigenvalue weighted by Crippen LogP contribution is -2.16. The molecule has 1 heterocycles. The Morgan fingerprint density at radius 2 is 1.67 bits per heavy atom. The molecule has 0 radical (unpaired) electrons. The molecule has 0 aliphatic carbocycles. The first-order valence-electron chi connectivity index (χ1n) is 7.45. The molecule has 0 saturated carbocycles. The Labute approximate surface area is 140 Å². The van der Waals surface area contributed by atoms with Crippen molar-refractivity contribution in [3.8, 4) is 11.5 Å². The summed E-state index contributed by atoms with van der Waals surface area (Å²) in [6.45, 7) is 3.42. The molecule has 0 aliphatic rings. The normalized spacial score (nSPS) is 10.4. The van der Waals surface area contributed by atoms with Crippen LogP contribution >= 0.6 is 0 Å². The molecule has 1 aromatic carbocycles. The number of Topliss-reactive ketones (excluding diaryl/α,β-unsaturated/α-hetero) is 1.